The fourth-order valence-corrected chi connectivity index (χ4v) is 1.94. The Kier molecular flexibility index (Phi) is 5.10. The summed E-state index contributed by atoms with van der Waals surface area (Å²) in [4.78, 5) is 25.1. The Balaban J connectivity index is 2.50. The van der Waals surface area contributed by atoms with Gasteiger partial charge in [0.05, 0.1) is 0 Å². The fraction of sp³-hybridized carbons (Fsp3) is 0.467. The molecule has 0 aliphatic rings. The minimum Gasteiger partial charge on any atom is -0.350 e. The number of rotatable bonds is 4. The van der Waals surface area contributed by atoms with E-state index in [1.807, 2.05) is 39.0 Å². The summed E-state index contributed by atoms with van der Waals surface area (Å²) in [5.41, 5.74) is 0.399. The first-order valence-electron chi connectivity index (χ1n) is 6.44. The zero-order chi connectivity index (χ0) is 14.5. The summed E-state index contributed by atoms with van der Waals surface area (Å²) < 4.78 is 0. The standard InChI is InChI=1S/C15H22N2O2/c1-12(18)17(15(2,3)4)11-10-16-14(19)13-8-6-5-7-9-13/h5-9H,10-11H2,1-4H3,(H,16,19). The smallest absolute Gasteiger partial charge is 0.251 e. The number of benzene rings is 1. The Morgan fingerprint density at radius 3 is 2.21 bits per heavy atom. The van der Waals surface area contributed by atoms with Crippen LogP contribution < -0.4 is 5.32 Å². The van der Waals surface area contributed by atoms with E-state index < -0.39 is 0 Å². The molecule has 0 spiro atoms. The number of carbonyl (C=O) groups is 2. The van der Waals surface area contributed by atoms with Crippen LogP contribution in [0.5, 0.6) is 0 Å². The summed E-state index contributed by atoms with van der Waals surface area (Å²) in [5, 5.41) is 2.82. The van der Waals surface area contributed by atoms with Gasteiger partial charge in [-0.15, -0.1) is 0 Å². The highest BCUT2D eigenvalue weighted by atomic mass is 16.2. The van der Waals surface area contributed by atoms with Gasteiger partial charge in [-0.3, -0.25) is 9.59 Å². The summed E-state index contributed by atoms with van der Waals surface area (Å²) in [6.45, 7) is 8.44. The van der Waals surface area contributed by atoms with Crippen molar-refractivity contribution in [3.05, 3.63) is 35.9 Å². The van der Waals surface area contributed by atoms with E-state index in [1.165, 1.54) is 0 Å². The first kappa shape index (κ1) is 15.2. The van der Waals surface area contributed by atoms with Crippen LogP contribution in [-0.2, 0) is 4.79 Å². The SMILES string of the molecule is CC(=O)N(CCNC(=O)c1ccccc1)C(C)(C)C. The van der Waals surface area contributed by atoms with Crippen molar-refractivity contribution in [2.24, 2.45) is 0 Å². The summed E-state index contributed by atoms with van der Waals surface area (Å²) in [5.74, 6) is -0.0977. The number of nitrogens with zero attached hydrogens (tertiary/aromatic N) is 1. The van der Waals surface area contributed by atoms with Crippen molar-refractivity contribution in [2.75, 3.05) is 13.1 Å². The molecule has 1 rings (SSSR count). The van der Waals surface area contributed by atoms with Gasteiger partial charge in [-0.1, -0.05) is 18.2 Å². The summed E-state index contributed by atoms with van der Waals surface area (Å²) >= 11 is 0. The van der Waals surface area contributed by atoms with Crippen molar-refractivity contribution in [3.63, 3.8) is 0 Å². The van der Waals surface area contributed by atoms with Crippen LogP contribution >= 0.6 is 0 Å². The molecular weight excluding hydrogens is 240 g/mol. The van der Waals surface area contributed by atoms with Gasteiger partial charge in [0.1, 0.15) is 0 Å². The lowest BCUT2D eigenvalue weighted by molar-refractivity contribution is -0.133. The molecule has 1 N–H and O–H groups in total. The van der Waals surface area contributed by atoms with Gasteiger partial charge >= 0.3 is 0 Å². The van der Waals surface area contributed by atoms with E-state index in [2.05, 4.69) is 5.32 Å². The average molecular weight is 262 g/mol. The molecule has 4 nitrogen and oxygen atoms in total. The molecule has 0 saturated heterocycles. The first-order chi connectivity index (χ1) is 8.82. The van der Waals surface area contributed by atoms with Gasteiger partial charge in [0.25, 0.3) is 5.91 Å². The lowest BCUT2D eigenvalue weighted by Crippen LogP contribution is -2.48. The van der Waals surface area contributed by atoms with Gasteiger partial charge in [-0.05, 0) is 32.9 Å². The maximum atomic E-state index is 11.8. The van der Waals surface area contributed by atoms with Crippen LogP contribution in [0.25, 0.3) is 0 Å². The highest BCUT2D eigenvalue weighted by Gasteiger charge is 2.23. The molecule has 2 amide bonds. The zero-order valence-corrected chi connectivity index (χ0v) is 12.1. The maximum absolute atomic E-state index is 11.8. The molecule has 104 valence electrons. The average Bonchev–Trinajstić information content (AvgIpc) is 2.33. The molecule has 0 saturated carbocycles. The number of hydrogen-bond acceptors (Lipinski definition) is 2. The van der Waals surface area contributed by atoms with Crippen LogP contribution in [0.2, 0.25) is 0 Å². The third-order valence-corrected chi connectivity index (χ3v) is 2.85. The molecule has 0 bridgehead atoms. The highest BCUT2D eigenvalue weighted by Crippen LogP contribution is 2.12. The van der Waals surface area contributed by atoms with E-state index in [0.29, 0.717) is 18.7 Å². The lowest BCUT2D eigenvalue weighted by Gasteiger charge is -2.35. The second-order valence-corrected chi connectivity index (χ2v) is 5.46. The van der Waals surface area contributed by atoms with E-state index in [4.69, 9.17) is 0 Å². The Morgan fingerprint density at radius 2 is 1.74 bits per heavy atom. The molecule has 0 aliphatic heterocycles. The molecule has 0 radical (unpaired) electrons. The molecule has 0 unspecified atom stereocenters. The van der Waals surface area contributed by atoms with Gasteiger partial charge in [0.15, 0.2) is 0 Å². The van der Waals surface area contributed by atoms with Gasteiger partial charge in [0.2, 0.25) is 5.91 Å². The Labute approximate surface area is 114 Å². The number of hydrogen-bond donors (Lipinski definition) is 1. The Morgan fingerprint density at radius 1 is 1.16 bits per heavy atom. The van der Waals surface area contributed by atoms with E-state index >= 15 is 0 Å². The molecule has 0 aromatic heterocycles. The number of carbonyl (C=O) groups excluding carboxylic acids is 2. The molecule has 19 heavy (non-hydrogen) atoms. The first-order valence-corrected chi connectivity index (χ1v) is 6.44. The van der Waals surface area contributed by atoms with Crippen LogP contribution in [0.1, 0.15) is 38.1 Å². The van der Waals surface area contributed by atoms with Gasteiger partial charge < -0.3 is 10.2 Å². The summed E-state index contributed by atoms with van der Waals surface area (Å²) in [6.07, 6.45) is 0. The van der Waals surface area contributed by atoms with E-state index in [1.54, 1.807) is 24.0 Å². The zero-order valence-electron chi connectivity index (χ0n) is 12.1. The Hall–Kier alpha value is -1.84. The fourth-order valence-electron chi connectivity index (χ4n) is 1.94. The molecular formula is C15H22N2O2. The third-order valence-electron chi connectivity index (χ3n) is 2.85. The van der Waals surface area contributed by atoms with Crippen LogP contribution in [0, 0.1) is 0 Å². The van der Waals surface area contributed by atoms with Crippen molar-refractivity contribution >= 4 is 11.8 Å². The van der Waals surface area contributed by atoms with Crippen molar-refractivity contribution in [2.45, 2.75) is 33.2 Å². The van der Waals surface area contributed by atoms with Crippen LogP contribution in [-0.4, -0.2) is 35.3 Å². The molecule has 1 aromatic carbocycles. The van der Waals surface area contributed by atoms with Crippen molar-refractivity contribution < 1.29 is 9.59 Å². The van der Waals surface area contributed by atoms with E-state index in [-0.39, 0.29) is 17.4 Å². The van der Waals surface area contributed by atoms with Crippen molar-refractivity contribution in [1.29, 1.82) is 0 Å². The molecule has 1 aromatic rings. The minimum atomic E-state index is -0.233. The minimum absolute atomic E-state index is 0.0152. The van der Waals surface area contributed by atoms with Crippen molar-refractivity contribution in [3.8, 4) is 0 Å². The molecule has 0 aliphatic carbocycles. The summed E-state index contributed by atoms with van der Waals surface area (Å²) in [6, 6.07) is 9.05. The Bertz CT molecular complexity index is 435. The van der Waals surface area contributed by atoms with Crippen LogP contribution in [0.4, 0.5) is 0 Å². The quantitative estimate of drug-likeness (QED) is 0.903. The topological polar surface area (TPSA) is 49.4 Å². The third kappa shape index (κ3) is 4.73. The monoisotopic (exact) mass is 262 g/mol. The molecule has 0 atom stereocenters. The normalized spacial score (nSPS) is 10.9. The number of nitrogens with one attached hydrogen (secondary N) is 1. The second kappa shape index (κ2) is 6.36. The molecule has 0 fully saturated rings. The second-order valence-electron chi connectivity index (χ2n) is 5.46. The predicted octanol–water partition coefficient (Wildman–Crippen LogP) is 2.06. The highest BCUT2D eigenvalue weighted by molar-refractivity contribution is 5.94. The number of amides is 2. The van der Waals surface area contributed by atoms with Gasteiger partial charge in [-0.2, -0.15) is 0 Å². The van der Waals surface area contributed by atoms with E-state index in [0.717, 1.165) is 0 Å². The van der Waals surface area contributed by atoms with Crippen LogP contribution in [0.3, 0.4) is 0 Å². The van der Waals surface area contributed by atoms with Crippen LogP contribution in [0.15, 0.2) is 30.3 Å². The van der Waals surface area contributed by atoms with E-state index in [9.17, 15) is 9.59 Å². The molecule has 4 heteroatoms. The van der Waals surface area contributed by atoms with Gasteiger partial charge in [0, 0.05) is 31.1 Å². The molecule has 0 heterocycles. The maximum Gasteiger partial charge on any atom is 0.251 e. The lowest BCUT2D eigenvalue weighted by atomic mass is 10.1. The van der Waals surface area contributed by atoms with Gasteiger partial charge in [-0.25, -0.2) is 0 Å². The predicted molar refractivity (Wildman–Crippen MR) is 75.9 cm³/mol. The summed E-state index contributed by atoms with van der Waals surface area (Å²) in [7, 11) is 0. The largest absolute Gasteiger partial charge is 0.350 e. The van der Waals surface area contributed by atoms with Crippen molar-refractivity contribution in [1.82, 2.24) is 10.2 Å².